The molecule has 0 bridgehead atoms. The van der Waals surface area contributed by atoms with Crippen molar-refractivity contribution in [2.45, 2.75) is 6.92 Å². The van der Waals surface area contributed by atoms with Crippen molar-refractivity contribution in [1.82, 2.24) is 5.32 Å². The minimum absolute atomic E-state index is 0. The Kier molecular flexibility index (Phi) is 8.85. The van der Waals surface area contributed by atoms with Crippen LogP contribution in [-0.4, -0.2) is 82.6 Å². The predicted octanol–water partition coefficient (Wildman–Crippen LogP) is -1.08. The van der Waals surface area contributed by atoms with Gasteiger partial charge in [0.1, 0.15) is 0 Å². The van der Waals surface area contributed by atoms with Gasteiger partial charge in [-0.3, -0.25) is 9.35 Å². The number of carbonyl (C=O) groups excluding carboxylic acids is 1. The average molecular weight is 233 g/mol. The summed E-state index contributed by atoms with van der Waals surface area (Å²) in [6, 6.07) is 0. The van der Waals surface area contributed by atoms with Crippen LogP contribution in [0.15, 0.2) is 12.2 Å². The van der Waals surface area contributed by atoms with Gasteiger partial charge in [-0.25, -0.2) is 0 Å². The molecule has 7 heteroatoms. The van der Waals surface area contributed by atoms with Crippen LogP contribution < -0.4 is 5.32 Å². The van der Waals surface area contributed by atoms with Crippen molar-refractivity contribution in [2.24, 2.45) is 0 Å². The molecule has 0 saturated heterocycles. The van der Waals surface area contributed by atoms with Crippen LogP contribution in [0, 0.1) is 0 Å². The molecule has 0 aromatic heterocycles. The van der Waals surface area contributed by atoms with Gasteiger partial charge < -0.3 is 5.32 Å². The fraction of sp³-hybridized carbons (Fsp3) is 0.500. The summed E-state index contributed by atoms with van der Waals surface area (Å²) in [7, 11) is -3.99. The van der Waals surface area contributed by atoms with E-state index in [0.29, 0.717) is 5.57 Å². The van der Waals surface area contributed by atoms with E-state index >= 15 is 0 Å². The van der Waals surface area contributed by atoms with E-state index in [4.69, 9.17) is 4.55 Å². The zero-order chi connectivity index (χ0) is 9.78. The Labute approximate surface area is 120 Å². The molecule has 0 aliphatic carbocycles. The quantitative estimate of drug-likeness (QED) is 0.367. The fourth-order valence-electron chi connectivity index (χ4n) is 0.444. The number of rotatable bonds is 4. The Morgan fingerprint density at radius 2 is 2.00 bits per heavy atom. The molecule has 0 aromatic rings. The monoisotopic (exact) mass is 233 g/mol. The Balaban J connectivity index is 0. The number of hydrogen-bond acceptors (Lipinski definition) is 3. The van der Waals surface area contributed by atoms with Crippen molar-refractivity contribution in [3.63, 3.8) is 0 Å². The van der Waals surface area contributed by atoms with E-state index in [1.807, 2.05) is 0 Å². The SMILES string of the molecule is C=C(C)C(=O)NCCS(=O)(=O)O.[KH]. The third kappa shape index (κ3) is 10.7. The third-order valence-electron chi connectivity index (χ3n) is 1.03. The van der Waals surface area contributed by atoms with Gasteiger partial charge in [-0.2, -0.15) is 8.42 Å². The van der Waals surface area contributed by atoms with Crippen LogP contribution in [0.1, 0.15) is 6.92 Å². The van der Waals surface area contributed by atoms with E-state index in [0.717, 1.165) is 0 Å². The number of amides is 1. The molecule has 0 spiro atoms. The second-order valence-corrected chi connectivity index (χ2v) is 3.89. The molecule has 0 rings (SSSR count). The maximum atomic E-state index is 10.7. The zero-order valence-electron chi connectivity index (χ0n) is 6.70. The van der Waals surface area contributed by atoms with Crippen LogP contribution >= 0.6 is 0 Å². The fourth-order valence-corrected chi connectivity index (χ4v) is 0.804. The van der Waals surface area contributed by atoms with Crippen LogP contribution in [0.5, 0.6) is 0 Å². The first kappa shape index (κ1) is 16.2. The second-order valence-electron chi connectivity index (χ2n) is 2.32. The Morgan fingerprint density at radius 3 is 2.31 bits per heavy atom. The molecule has 13 heavy (non-hydrogen) atoms. The molecule has 0 heterocycles. The molecule has 72 valence electrons. The van der Waals surface area contributed by atoms with Gasteiger partial charge in [-0.05, 0) is 6.92 Å². The minimum atomic E-state index is -3.99. The van der Waals surface area contributed by atoms with Crippen LogP contribution in [0.2, 0.25) is 0 Å². The molecule has 1 amide bonds. The van der Waals surface area contributed by atoms with Gasteiger partial charge in [-0.15, -0.1) is 0 Å². The van der Waals surface area contributed by atoms with Crippen molar-refractivity contribution in [2.75, 3.05) is 12.3 Å². The molecule has 5 nitrogen and oxygen atoms in total. The van der Waals surface area contributed by atoms with Crippen molar-refractivity contribution in [3.05, 3.63) is 12.2 Å². The summed E-state index contributed by atoms with van der Waals surface area (Å²) in [4.78, 5) is 10.7. The van der Waals surface area contributed by atoms with Crippen LogP contribution in [0.3, 0.4) is 0 Å². The van der Waals surface area contributed by atoms with Gasteiger partial charge in [0, 0.05) is 12.1 Å². The Morgan fingerprint density at radius 1 is 1.54 bits per heavy atom. The van der Waals surface area contributed by atoms with Crippen molar-refractivity contribution in [3.8, 4) is 0 Å². The number of nitrogens with one attached hydrogen (secondary N) is 1. The first-order valence-electron chi connectivity index (χ1n) is 3.22. The van der Waals surface area contributed by atoms with E-state index in [1.54, 1.807) is 0 Å². The molecule has 0 aromatic carbocycles. The standard InChI is InChI=1S/C6H11NO4S.K.H/c1-5(2)6(8)7-3-4-12(9,10)11;;/h1,3-4H2,2H3,(H,7,8)(H,9,10,11);;. The van der Waals surface area contributed by atoms with Crippen molar-refractivity contribution < 1.29 is 17.8 Å². The average Bonchev–Trinajstić information content (AvgIpc) is 1.84. The molecule has 2 N–H and O–H groups in total. The van der Waals surface area contributed by atoms with Crippen LogP contribution in [-0.2, 0) is 14.9 Å². The molecule has 0 aliphatic heterocycles. The molecule has 0 fully saturated rings. The topological polar surface area (TPSA) is 83.5 Å². The molecule has 0 aliphatic rings. The second kappa shape index (κ2) is 7.10. The zero-order valence-corrected chi connectivity index (χ0v) is 7.52. The van der Waals surface area contributed by atoms with E-state index in [-0.39, 0.29) is 57.9 Å². The maximum absolute atomic E-state index is 10.7. The molecule has 0 saturated carbocycles. The molecule has 0 unspecified atom stereocenters. The van der Waals surface area contributed by atoms with E-state index in [2.05, 4.69) is 11.9 Å². The Hall–Kier alpha value is 0.756. The predicted molar refractivity (Wildman–Crippen MR) is 51.4 cm³/mol. The molecule has 0 radical (unpaired) electrons. The van der Waals surface area contributed by atoms with E-state index < -0.39 is 21.8 Å². The summed E-state index contributed by atoms with van der Waals surface area (Å²) in [5.74, 6) is -0.898. The summed E-state index contributed by atoms with van der Waals surface area (Å²) in [6.07, 6.45) is 0. The summed E-state index contributed by atoms with van der Waals surface area (Å²) < 4.78 is 28.6. The summed E-state index contributed by atoms with van der Waals surface area (Å²) in [6.45, 7) is 4.74. The van der Waals surface area contributed by atoms with Gasteiger partial charge in [0.25, 0.3) is 10.1 Å². The molecular formula is C6H12KNO4S. The van der Waals surface area contributed by atoms with Gasteiger partial charge in [0.2, 0.25) is 5.91 Å². The first-order chi connectivity index (χ1) is 5.33. The van der Waals surface area contributed by atoms with Crippen molar-refractivity contribution >= 4 is 67.4 Å². The molecule has 0 atom stereocenters. The summed E-state index contributed by atoms with van der Waals surface area (Å²) >= 11 is 0. The van der Waals surface area contributed by atoms with Gasteiger partial charge in [-0.1, -0.05) is 6.58 Å². The Bertz CT molecular complexity index is 285. The number of carbonyl (C=O) groups is 1. The van der Waals surface area contributed by atoms with E-state index in [1.165, 1.54) is 6.92 Å². The third-order valence-corrected chi connectivity index (χ3v) is 1.75. The summed E-state index contributed by atoms with van der Waals surface area (Å²) in [5.41, 5.74) is 0.297. The van der Waals surface area contributed by atoms with Crippen LogP contribution in [0.25, 0.3) is 0 Å². The van der Waals surface area contributed by atoms with Gasteiger partial charge >= 0.3 is 51.4 Å². The first-order valence-corrected chi connectivity index (χ1v) is 4.82. The van der Waals surface area contributed by atoms with Gasteiger partial charge in [0.15, 0.2) is 0 Å². The molecular weight excluding hydrogens is 221 g/mol. The van der Waals surface area contributed by atoms with Crippen molar-refractivity contribution in [1.29, 1.82) is 0 Å². The van der Waals surface area contributed by atoms with Gasteiger partial charge in [0.05, 0.1) is 5.75 Å². The van der Waals surface area contributed by atoms with Crippen LogP contribution in [0.4, 0.5) is 0 Å². The normalized spacial score (nSPS) is 10.0. The van der Waals surface area contributed by atoms with E-state index in [9.17, 15) is 13.2 Å². The number of hydrogen-bond donors (Lipinski definition) is 2. The summed E-state index contributed by atoms with van der Waals surface area (Å²) in [5, 5.41) is 2.26.